The highest BCUT2D eigenvalue weighted by Gasteiger charge is 2.49. The Hall–Kier alpha value is -6.91. The van der Waals surface area contributed by atoms with Gasteiger partial charge in [0, 0.05) is 66.4 Å². The number of hydrogen-bond donors (Lipinski definition) is 0. The molecule has 11 aromatic rings. The molecular formula is C48H25B2N3O. The van der Waals surface area contributed by atoms with Crippen LogP contribution in [0.5, 0.6) is 0 Å². The van der Waals surface area contributed by atoms with Gasteiger partial charge in [-0.3, -0.25) is 0 Å². The molecule has 0 N–H and O–H groups in total. The number of fused-ring (bicyclic) bond motifs is 14. The second-order valence-electron chi connectivity index (χ2n) is 15.5. The third kappa shape index (κ3) is 2.76. The van der Waals surface area contributed by atoms with Crippen LogP contribution in [0.25, 0.3) is 76.9 Å². The summed E-state index contributed by atoms with van der Waals surface area (Å²) >= 11 is 0. The Labute approximate surface area is 309 Å². The van der Waals surface area contributed by atoms with Gasteiger partial charge < -0.3 is 18.5 Å². The van der Waals surface area contributed by atoms with Crippen molar-refractivity contribution in [1.29, 1.82) is 0 Å². The highest BCUT2D eigenvalue weighted by atomic mass is 16.3. The number of benzene rings is 8. The molecule has 0 unspecified atom stereocenters. The summed E-state index contributed by atoms with van der Waals surface area (Å²) in [6.07, 6.45) is 0. The Bertz CT molecular complexity index is 3590. The highest BCUT2D eigenvalue weighted by molar-refractivity contribution is 7.04. The van der Waals surface area contributed by atoms with Gasteiger partial charge in [0.1, 0.15) is 11.2 Å². The van der Waals surface area contributed by atoms with Crippen molar-refractivity contribution in [3.05, 3.63) is 152 Å². The van der Waals surface area contributed by atoms with Crippen LogP contribution in [0, 0.1) is 0 Å². The number of aromatic nitrogens is 2. The molecule has 0 fully saturated rings. The Balaban J connectivity index is 1.25. The third-order valence-electron chi connectivity index (χ3n) is 13.2. The van der Waals surface area contributed by atoms with Crippen LogP contribution in [0.1, 0.15) is 0 Å². The molecule has 54 heavy (non-hydrogen) atoms. The molecule has 6 heteroatoms. The zero-order valence-electron chi connectivity index (χ0n) is 28.8. The molecule has 7 heterocycles. The molecule has 0 bridgehead atoms. The number of anilines is 3. The van der Waals surface area contributed by atoms with Crippen LogP contribution < -0.4 is 37.7 Å². The maximum Gasteiger partial charge on any atom is 0.252 e. The fraction of sp³-hybridized carbons (Fsp3) is 0. The second kappa shape index (κ2) is 8.82. The van der Waals surface area contributed by atoms with E-state index in [0.717, 1.165) is 11.2 Å². The van der Waals surface area contributed by atoms with Crippen molar-refractivity contribution in [1.82, 2.24) is 9.13 Å². The van der Waals surface area contributed by atoms with Crippen molar-refractivity contribution in [3.8, 4) is 11.4 Å². The molecule has 0 radical (unpaired) electrons. The zero-order chi connectivity index (χ0) is 34.6. The summed E-state index contributed by atoms with van der Waals surface area (Å²) in [5, 5.41) is 7.46. The summed E-state index contributed by atoms with van der Waals surface area (Å²) in [4.78, 5) is 2.53. The molecule has 8 aromatic carbocycles. The molecule has 0 saturated carbocycles. The van der Waals surface area contributed by atoms with Crippen LogP contribution in [0.3, 0.4) is 0 Å². The van der Waals surface area contributed by atoms with E-state index in [-0.39, 0.29) is 13.4 Å². The van der Waals surface area contributed by atoms with Gasteiger partial charge in [-0.05, 0) is 69.2 Å². The Morgan fingerprint density at radius 3 is 1.98 bits per heavy atom. The Morgan fingerprint density at radius 2 is 1.09 bits per heavy atom. The molecule has 15 rings (SSSR count). The lowest BCUT2D eigenvalue weighted by molar-refractivity contribution is 0.673. The molecule has 4 aliphatic rings. The standard InChI is InChI=1S/C48H25B2N3O/c1-2-12-26(13-3-1)51-37-22-8-6-18-32(37)49-35-24-31-28-15-5-9-23-40(28)54-48(31)41-30-17-11-20-34-45(30)53(46(35)41)47-42(49)38(51)25-39-43(47)50(34)33-19-10-16-29-27-14-4-7-21-36(27)52(39)44(29)33/h1-25H. The minimum atomic E-state index is 0.0367. The van der Waals surface area contributed by atoms with Gasteiger partial charge in [-0.15, -0.1) is 0 Å². The lowest BCUT2D eigenvalue weighted by atomic mass is 9.30. The fourth-order valence-electron chi connectivity index (χ4n) is 11.4. The molecule has 4 aliphatic heterocycles. The van der Waals surface area contributed by atoms with Gasteiger partial charge in [-0.1, -0.05) is 115 Å². The van der Waals surface area contributed by atoms with Crippen LogP contribution in [0.2, 0.25) is 0 Å². The first-order valence-electron chi connectivity index (χ1n) is 18.9. The van der Waals surface area contributed by atoms with E-state index in [1.165, 1.54) is 116 Å². The van der Waals surface area contributed by atoms with E-state index in [2.05, 4.69) is 166 Å². The number of furan rings is 1. The number of nitrogens with zero attached hydrogens (tertiary/aromatic N) is 3. The first-order valence-corrected chi connectivity index (χ1v) is 18.9. The monoisotopic (exact) mass is 681 g/mol. The van der Waals surface area contributed by atoms with E-state index in [1.54, 1.807) is 0 Å². The van der Waals surface area contributed by atoms with E-state index in [0.29, 0.717) is 0 Å². The van der Waals surface area contributed by atoms with Gasteiger partial charge in [0.25, 0.3) is 13.4 Å². The second-order valence-corrected chi connectivity index (χ2v) is 15.5. The average Bonchev–Trinajstić information content (AvgIpc) is 3.89. The lowest BCUT2D eigenvalue weighted by Crippen LogP contribution is -2.66. The van der Waals surface area contributed by atoms with Gasteiger partial charge in [-0.25, -0.2) is 0 Å². The lowest BCUT2D eigenvalue weighted by Gasteiger charge is -2.44. The smallest absolute Gasteiger partial charge is 0.252 e. The van der Waals surface area contributed by atoms with Crippen LogP contribution in [-0.4, -0.2) is 22.6 Å². The SMILES string of the molecule is c1ccc(N2c3ccccc3B3c4c2cc2c5c4-n4c6c(cccc6c6c7oc8ccccc8c7cc3c64)B5c3cccc4c5ccccc5n-2c34)cc1. The fourth-order valence-corrected chi connectivity index (χ4v) is 11.4. The summed E-state index contributed by atoms with van der Waals surface area (Å²) < 4.78 is 12.2. The molecule has 0 saturated heterocycles. The Kier molecular flexibility index (Phi) is 4.38. The summed E-state index contributed by atoms with van der Waals surface area (Å²) in [5.74, 6) is 0. The largest absolute Gasteiger partial charge is 0.455 e. The van der Waals surface area contributed by atoms with Crippen molar-refractivity contribution in [2.75, 3.05) is 4.90 Å². The minimum absolute atomic E-state index is 0.0367. The summed E-state index contributed by atoms with van der Waals surface area (Å²) in [7, 11) is 0. The third-order valence-corrected chi connectivity index (χ3v) is 13.2. The molecule has 4 nitrogen and oxygen atoms in total. The quantitative estimate of drug-likeness (QED) is 0.168. The van der Waals surface area contributed by atoms with Crippen molar-refractivity contribution in [3.63, 3.8) is 0 Å². The molecule has 0 amide bonds. The maximum absolute atomic E-state index is 6.90. The van der Waals surface area contributed by atoms with Gasteiger partial charge >= 0.3 is 0 Å². The number of hydrogen-bond acceptors (Lipinski definition) is 2. The predicted molar refractivity (Wildman–Crippen MR) is 226 cm³/mol. The van der Waals surface area contributed by atoms with Gasteiger partial charge in [0.15, 0.2) is 0 Å². The molecule has 0 atom stereocenters. The van der Waals surface area contributed by atoms with Crippen molar-refractivity contribution >= 4 is 129 Å². The average molecular weight is 681 g/mol. The Morgan fingerprint density at radius 1 is 0.426 bits per heavy atom. The maximum atomic E-state index is 6.90. The first-order chi connectivity index (χ1) is 26.8. The van der Waals surface area contributed by atoms with Gasteiger partial charge in [0.05, 0.1) is 16.4 Å². The van der Waals surface area contributed by atoms with E-state index in [1.807, 2.05) is 0 Å². The van der Waals surface area contributed by atoms with Crippen LogP contribution in [-0.2, 0) is 0 Å². The van der Waals surface area contributed by atoms with Crippen LogP contribution >= 0.6 is 0 Å². The van der Waals surface area contributed by atoms with Crippen LogP contribution in [0.4, 0.5) is 17.1 Å². The summed E-state index contributed by atoms with van der Waals surface area (Å²) in [6.45, 7) is 0.117. The first kappa shape index (κ1) is 26.8. The van der Waals surface area contributed by atoms with Crippen molar-refractivity contribution < 1.29 is 4.42 Å². The predicted octanol–water partition coefficient (Wildman–Crippen LogP) is 7.54. The molecular weight excluding hydrogens is 656 g/mol. The summed E-state index contributed by atoms with van der Waals surface area (Å²) in [5.41, 5.74) is 21.6. The van der Waals surface area contributed by atoms with Gasteiger partial charge in [0.2, 0.25) is 0 Å². The van der Waals surface area contributed by atoms with E-state index in [4.69, 9.17) is 4.42 Å². The molecule has 0 spiro atoms. The zero-order valence-corrected chi connectivity index (χ0v) is 28.8. The summed E-state index contributed by atoms with van der Waals surface area (Å²) in [6, 6.07) is 56.6. The minimum Gasteiger partial charge on any atom is -0.455 e. The van der Waals surface area contributed by atoms with E-state index in [9.17, 15) is 0 Å². The molecule has 244 valence electrons. The molecule has 0 aliphatic carbocycles. The van der Waals surface area contributed by atoms with Crippen LogP contribution in [0.15, 0.2) is 156 Å². The van der Waals surface area contributed by atoms with E-state index >= 15 is 0 Å². The van der Waals surface area contributed by atoms with Gasteiger partial charge in [-0.2, -0.15) is 0 Å². The number of para-hydroxylation sites is 6. The number of rotatable bonds is 1. The van der Waals surface area contributed by atoms with E-state index < -0.39 is 0 Å². The van der Waals surface area contributed by atoms with Crippen molar-refractivity contribution in [2.24, 2.45) is 0 Å². The molecule has 3 aromatic heterocycles. The topological polar surface area (TPSA) is 26.2 Å². The van der Waals surface area contributed by atoms with Crippen molar-refractivity contribution in [2.45, 2.75) is 0 Å². The highest BCUT2D eigenvalue weighted by Crippen LogP contribution is 2.47. The normalized spacial score (nSPS) is 14.2.